The van der Waals surface area contributed by atoms with Gasteiger partial charge in [0.1, 0.15) is 5.01 Å². The standard InChI is InChI=1S/C21H23N3O2S/c1-3-12-22-19(25)10-11-20(26)23-16-7-5-15(6-8-16)21-24-17-9-4-14(2)13-18(17)27-21/h4-9,13H,3,10-12H2,1-2H3,(H,22,25)(H,23,26). The molecule has 0 radical (unpaired) electrons. The molecule has 0 aliphatic carbocycles. The summed E-state index contributed by atoms with van der Waals surface area (Å²) in [5, 5.41) is 6.56. The Hall–Kier alpha value is -2.73. The average Bonchev–Trinajstić information content (AvgIpc) is 3.08. The van der Waals surface area contributed by atoms with Crippen molar-refractivity contribution in [3.05, 3.63) is 48.0 Å². The van der Waals surface area contributed by atoms with Gasteiger partial charge in [-0.05, 0) is 55.3 Å². The maximum Gasteiger partial charge on any atom is 0.224 e. The van der Waals surface area contributed by atoms with Gasteiger partial charge in [-0.3, -0.25) is 9.59 Å². The zero-order chi connectivity index (χ0) is 19.2. The Morgan fingerprint density at radius 3 is 2.52 bits per heavy atom. The number of thiazole rings is 1. The Labute approximate surface area is 162 Å². The normalized spacial score (nSPS) is 10.7. The molecule has 2 aromatic carbocycles. The number of hydrogen-bond acceptors (Lipinski definition) is 4. The van der Waals surface area contributed by atoms with Crippen molar-refractivity contribution in [3.63, 3.8) is 0 Å². The van der Waals surface area contributed by atoms with Crippen molar-refractivity contribution in [3.8, 4) is 10.6 Å². The highest BCUT2D eigenvalue weighted by Crippen LogP contribution is 2.31. The van der Waals surface area contributed by atoms with Crippen LogP contribution in [0.4, 0.5) is 5.69 Å². The average molecular weight is 382 g/mol. The Kier molecular flexibility index (Phi) is 6.19. The van der Waals surface area contributed by atoms with E-state index in [2.05, 4.69) is 34.7 Å². The SMILES string of the molecule is CCCNC(=O)CCC(=O)Nc1ccc(-c2nc3ccc(C)cc3s2)cc1. The highest BCUT2D eigenvalue weighted by molar-refractivity contribution is 7.21. The van der Waals surface area contributed by atoms with Crippen LogP contribution in [0, 0.1) is 6.92 Å². The van der Waals surface area contributed by atoms with Crippen LogP contribution in [0.2, 0.25) is 0 Å². The van der Waals surface area contributed by atoms with E-state index in [1.54, 1.807) is 11.3 Å². The molecule has 0 aliphatic rings. The first kappa shape index (κ1) is 19.0. The number of fused-ring (bicyclic) bond motifs is 1. The number of carbonyl (C=O) groups excluding carboxylic acids is 2. The number of amides is 2. The van der Waals surface area contributed by atoms with Crippen LogP contribution in [0.5, 0.6) is 0 Å². The zero-order valence-electron chi connectivity index (χ0n) is 15.5. The van der Waals surface area contributed by atoms with Crippen LogP contribution in [-0.2, 0) is 9.59 Å². The predicted molar refractivity (Wildman–Crippen MR) is 111 cm³/mol. The number of nitrogens with one attached hydrogen (secondary N) is 2. The first-order valence-electron chi connectivity index (χ1n) is 9.09. The second kappa shape index (κ2) is 8.77. The number of aryl methyl sites for hydroxylation is 1. The molecule has 0 aliphatic heterocycles. The van der Waals surface area contributed by atoms with E-state index in [-0.39, 0.29) is 24.7 Å². The van der Waals surface area contributed by atoms with Gasteiger partial charge in [0, 0.05) is 30.6 Å². The van der Waals surface area contributed by atoms with Gasteiger partial charge in [0.15, 0.2) is 0 Å². The van der Waals surface area contributed by atoms with Crippen LogP contribution in [-0.4, -0.2) is 23.3 Å². The Bertz CT molecular complexity index is 948. The van der Waals surface area contributed by atoms with Crippen molar-refractivity contribution in [2.24, 2.45) is 0 Å². The van der Waals surface area contributed by atoms with Crippen LogP contribution >= 0.6 is 11.3 Å². The quantitative estimate of drug-likeness (QED) is 0.632. The lowest BCUT2D eigenvalue weighted by atomic mass is 10.2. The molecule has 0 spiro atoms. The van der Waals surface area contributed by atoms with Crippen LogP contribution in [0.1, 0.15) is 31.7 Å². The largest absolute Gasteiger partial charge is 0.356 e. The van der Waals surface area contributed by atoms with E-state index in [9.17, 15) is 9.59 Å². The molecule has 0 atom stereocenters. The van der Waals surface area contributed by atoms with Gasteiger partial charge < -0.3 is 10.6 Å². The Balaban J connectivity index is 1.59. The van der Waals surface area contributed by atoms with E-state index in [0.29, 0.717) is 6.54 Å². The molecule has 1 aromatic heterocycles. The first-order chi connectivity index (χ1) is 13.0. The van der Waals surface area contributed by atoms with Crippen LogP contribution < -0.4 is 10.6 Å². The molecule has 2 N–H and O–H groups in total. The fourth-order valence-corrected chi connectivity index (χ4v) is 3.72. The molecule has 0 saturated heterocycles. The topological polar surface area (TPSA) is 71.1 Å². The second-order valence-corrected chi connectivity index (χ2v) is 7.50. The molecular formula is C21H23N3O2S. The van der Waals surface area contributed by atoms with Crippen molar-refractivity contribution in [1.29, 1.82) is 0 Å². The van der Waals surface area contributed by atoms with E-state index >= 15 is 0 Å². The van der Waals surface area contributed by atoms with Crippen molar-refractivity contribution in [1.82, 2.24) is 10.3 Å². The lowest BCUT2D eigenvalue weighted by molar-refractivity contribution is -0.124. The molecular weight excluding hydrogens is 358 g/mol. The van der Waals surface area contributed by atoms with Crippen molar-refractivity contribution in [2.75, 3.05) is 11.9 Å². The smallest absolute Gasteiger partial charge is 0.224 e. The van der Waals surface area contributed by atoms with E-state index < -0.39 is 0 Å². The molecule has 5 nitrogen and oxygen atoms in total. The lowest BCUT2D eigenvalue weighted by Crippen LogP contribution is -2.25. The van der Waals surface area contributed by atoms with Gasteiger partial charge in [-0.25, -0.2) is 4.98 Å². The third-order valence-electron chi connectivity index (χ3n) is 4.11. The summed E-state index contributed by atoms with van der Waals surface area (Å²) in [5.74, 6) is -0.252. The molecule has 6 heteroatoms. The molecule has 27 heavy (non-hydrogen) atoms. The molecule has 0 fully saturated rings. The van der Waals surface area contributed by atoms with E-state index in [0.717, 1.165) is 28.2 Å². The van der Waals surface area contributed by atoms with Gasteiger partial charge in [0.25, 0.3) is 0 Å². The summed E-state index contributed by atoms with van der Waals surface area (Å²) < 4.78 is 1.17. The molecule has 140 valence electrons. The minimum atomic E-state index is -0.162. The summed E-state index contributed by atoms with van der Waals surface area (Å²) >= 11 is 1.66. The molecule has 2 amide bonds. The number of anilines is 1. The maximum absolute atomic E-state index is 12.0. The van der Waals surface area contributed by atoms with Crippen LogP contribution in [0.25, 0.3) is 20.8 Å². The molecule has 3 rings (SSSR count). The maximum atomic E-state index is 12.0. The van der Waals surface area contributed by atoms with Crippen molar-refractivity contribution in [2.45, 2.75) is 33.1 Å². The van der Waals surface area contributed by atoms with Crippen LogP contribution in [0.3, 0.4) is 0 Å². The molecule has 0 saturated carbocycles. The molecule has 3 aromatic rings. The van der Waals surface area contributed by atoms with Gasteiger partial charge in [-0.2, -0.15) is 0 Å². The number of carbonyl (C=O) groups is 2. The minimum Gasteiger partial charge on any atom is -0.356 e. The summed E-state index contributed by atoms with van der Waals surface area (Å²) in [6, 6.07) is 13.9. The van der Waals surface area contributed by atoms with Crippen molar-refractivity contribution >= 4 is 39.1 Å². The zero-order valence-corrected chi connectivity index (χ0v) is 16.4. The number of aromatic nitrogens is 1. The molecule has 0 bridgehead atoms. The number of rotatable bonds is 7. The summed E-state index contributed by atoms with van der Waals surface area (Å²) in [6.07, 6.45) is 1.27. The van der Waals surface area contributed by atoms with Crippen molar-refractivity contribution < 1.29 is 9.59 Å². The van der Waals surface area contributed by atoms with Gasteiger partial charge >= 0.3 is 0 Å². The number of benzene rings is 2. The first-order valence-corrected chi connectivity index (χ1v) is 9.91. The molecule has 0 unspecified atom stereocenters. The van der Waals surface area contributed by atoms with Gasteiger partial charge in [-0.15, -0.1) is 11.3 Å². The van der Waals surface area contributed by atoms with Gasteiger partial charge in [0.2, 0.25) is 11.8 Å². The number of nitrogens with zero attached hydrogens (tertiary/aromatic N) is 1. The summed E-state index contributed by atoms with van der Waals surface area (Å²) in [6.45, 7) is 4.71. The predicted octanol–water partition coefficient (Wildman–Crippen LogP) is 4.52. The summed E-state index contributed by atoms with van der Waals surface area (Å²) in [4.78, 5) is 28.2. The summed E-state index contributed by atoms with van der Waals surface area (Å²) in [7, 11) is 0. The van der Waals surface area contributed by atoms with Gasteiger partial charge in [-0.1, -0.05) is 13.0 Å². The highest BCUT2D eigenvalue weighted by atomic mass is 32.1. The highest BCUT2D eigenvalue weighted by Gasteiger charge is 2.09. The third-order valence-corrected chi connectivity index (χ3v) is 5.18. The van der Waals surface area contributed by atoms with E-state index in [4.69, 9.17) is 0 Å². The fraction of sp³-hybridized carbons (Fsp3) is 0.286. The fourth-order valence-electron chi connectivity index (χ4n) is 2.65. The van der Waals surface area contributed by atoms with Crippen LogP contribution in [0.15, 0.2) is 42.5 Å². The number of hydrogen-bond donors (Lipinski definition) is 2. The van der Waals surface area contributed by atoms with E-state index in [1.807, 2.05) is 37.3 Å². The Morgan fingerprint density at radius 2 is 1.78 bits per heavy atom. The lowest BCUT2D eigenvalue weighted by Gasteiger charge is -2.06. The van der Waals surface area contributed by atoms with E-state index in [1.165, 1.54) is 10.3 Å². The molecule has 1 heterocycles. The second-order valence-electron chi connectivity index (χ2n) is 6.47. The summed E-state index contributed by atoms with van der Waals surface area (Å²) in [5.41, 5.74) is 3.96. The monoisotopic (exact) mass is 381 g/mol. The Morgan fingerprint density at radius 1 is 1.04 bits per heavy atom. The minimum absolute atomic E-state index is 0.0894. The third kappa shape index (κ3) is 5.14. The van der Waals surface area contributed by atoms with Gasteiger partial charge in [0.05, 0.1) is 10.2 Å².